The maximum absolute atomic E-state index is 5.85. The summed E-state index contributed by atoms with van der Waals surface area (Å²) in [6.45, 7) is 1.91. The molecular weight excluding hydrogens is 266 g/mol. The zero-order valence-corrected chi connectivity index (χ0v) is 11.2. The van der Waals surface area contributed by atoms with Crippen LogP contribution < -0.4 is 0 Å². The number of nitrogens with one attached hydrogen (secondary N) is 1. The predicted octanol–water partition coefficient (Wildman–Crippen LogP) is 4.07. The number of para-hydroxylation sites is 1. The van der Waals surface area contributed by atoms with Crippen LogP contribution in [0.4, 0.5) is 0 Å². The van der Waals surface area contributed by atoms with Crippen molar-refractivity contribution in [2.75, 3.05) is 0 Å². The van der Waals surface area contributed by atoms with Gasteiger partial charge in [-0.3, -0.25) is 0 Å². The lowest BCUT2D eigenvalue weighted by atomic mass is 10.3. The standard InChI is InChI=1S/C13H10ClN3S/c1-8-6-11(17-13(14)15-8)18-12-7-9-4-2-3-5-10(9)16-12/h2-7,16H,1H3. The third-order valence-electron chi connectivity index (χ3n) is 2.52. The van der Waals surface area contributed by atoms with E-state index in [0.717, 1.165) is 21.3 Å². The molecule has 0 saturated heterocycles. The largest absolute Gasteiger partial charge is 0.349 e. The fourth-order valence-electron chi connectivity index (χ4n) is 1.77. The van der Waals surface area contributed by atoms with E-state index in [2.05, 4.69) is 33.2 Å². The fraction of sp³-hybridized carbons (Fsp3) is 0.0769. The number of hydrogen-bond acceptors (Lipinski definition) is 3. The number of halogens is 1. The Morgan fingerprint density at radius 3 is 2.78 bits per heavy atom. The van der Waals surface area contributed by atoms with Gasteiger partial charge >= 0.3 is 0 Å². The van der Waals surface area contributed by atoms with Crippen molar-refractivity contribution in [3.63, 3.8) is 0 Å². The summed E-state index contributed by atoms with van der Waals surface area (Å²) in [5.41, 5.74) is 1.99. The van der Waals surface area contributed by atoms with E-state index in [-0.39, 0.29) is 5.28 Å². The Morgan fingerprint density at radius 1 is 1.17 bits per heavy atom. The van der Waals surface area contributed by atoms with E-state index in [1.165, 1.54) is 5.39 Å². The monoisotopic (exact) mass is 275 g/mol. The van der Waals surface area contributed by atoms with Crippen LogP contribution in [0.3, 0.4) is 0 Å². The lowest BCUT2D eigenvalue weighted by Gasteiger charge is -1.99. The molecule has 1 aromatic carbocycles. The Labute approximate surface area is 114 Å². The maximum Gasteiger partial charge on any atom is 0.223 e. The van der Waals surface area contributed by atoms with Gasteiger partial charge in [0.15, 0.2) is 0 Å². The Bertz CT molecular complexity index is 655. The van der Waals surface area contributed by atoms with Gasteiger partial charge in [-0.1, -0.05) is 30.0 Å². The van der Waals surface area contributed by atoms with E-state index >= 15 is 0 Å². The van der Waals surface area contributed by atoms with Crippen LogP contribution in [0.15, 0.2) is 46.5 Å². The Balaban J connectivity index is 1.96. The van der Waals surface area contributed by atoms with Crippen molar-refractivity contribution < 1.29 is 0 Å². The summed E-state index contributed by atoms with van der Waals surface area (Å²) >= 11 is 7.40. The molecule has 0 fully saturated rings. The summed E-state index contributed by atoms with van der Waals surface area (Å²) in [5.74, 6) is 0. The van der Waals surface area contributed by atoms with Crippen molar-refractivity contribution in [3.05, 3.63) is 47.4 Å². The van der Waals surface area contributed by atoms with Crippen LogP contribution >= 0.6 is 23.4 Å². The summed E-state index contributed by atoms with van der Waals surface area (Å²) in [5, 5.41) is 3.37. The van der Waals surface area contributed by atoms with Gasteiger partial charge in [-0.25, -0.2) is 9.97 Å². The van der Waals surface area contributed by atoms with E-state index in [0.29, 0.717) is 0 Å². The molecule has 0 amide bonds. The average molecular weight is 276 g/mol. The molecule has 5 heteroatoms. The summed E-state index contributed by atoms with van der Waals surface area (Å²) in [7, 11) is 0. The molecule has 3 nitrogen and oxygen atoms in total. The highest BCUT2D eigenvalue weighted by atomic mass is 35.5. The molecule has 0 aliphatic heterocycles. The van der Waals surface area contributed by atoms with Gasteiger partial charge in [-0.05, 0) is 36.7 Å². The normalized spacial score (nSPS) is 11.0. The molecule has 3 aromatic rings. The molecule has 2 heterocycles. The van der Waals surface area contributed by atoms with Crippen molar-refractivity contribution in [3.8, 4) is 0 Å². The first kappa shape index (κ1) is 11.6. The molecule has 0 aliphatic rings. The second-order valence-corrected chi connectivity index (χ2v) is 5.34. The highest BCUT2D eigenvalue weighted by molar-refractivity contribution is 7.99. The van der Waals surface area contributed by atoms with Gasteiger partial charge < -0.3 is 4.98 Å². The van der Waals surface area contributed by atoms with Gasteiger partial charge in [0, 0.05) is 16.6 Å². The maximum atomic E-state index is 5.85. The van der Waals surface area contributed by atoms with Gasteiger partial charge in [0.05, 0.1) is 5.03 Å². The van der Waals surface area contributed by atoms with Crippen LogP contribution in [0.1, 0.15) is 5.69 Å². The number of fused-ring (bicyclic) bond motifs is 1. The SMILES string of the molecule is Cc1cc(Sc2cc3ccccc3[nH]2)nc(Cl)n1. The quantitative estimate of drug-likeness (QED) is 0.566. The molecule has 18 heavy (non-hydrogen) atoms. The zero-order valence-electron chi connectivity index (χ0n) is 9.64. The van der Waals surface area contributed by atoms with Crippen LogP contribution in [0, 0.1) is 6.92 Å². The third-order valence-corrected chi connectivity index (χ3v) is 3.55. The van der Waals surface area contributed by atoms with Crippen molar-refractivity contribution >= 4 is 34.3 Å². The van der Waals surface area contributed by atoms with Crippen LogP contribution in [-0.4, -0.2) is 15.0 Å². The van der Waals surface area contributed by atoms with Crippen molar-refractivity contribution in [1.82, 2.24) is 15.0 Å². The summed E-state index contributed by atoms with van der Waals surface area (Å²) < 4.78 is 0. The minimum atomic E-state index is 0.286. The fourth-order valence-corrected chi connectivity index (χ4v) is 2.98. The second kappa shape index (κ2) is 4.63. The lowest BCUT2D eigenvalue weighted by Crippen LogP contribution is -1.88. The summed E-state index contributed by atoms with van der Waals surface area (Å²) in [6, 6.07) is 12.2. The minimum Gasteiger partial charge on any atom is -0.349 e. The van der Waals surface area contributed by atoms with Crippen LogP contribution in [-0.2, 0) is 0 Å². The van der Waals surface area contributed by atoms with Crippen LogP contribution in [0.5, 0.6) is 0 Å². The first-order chi connectivity index (χ1) is 8.70. The molecule has 0 saturated carbocycles. The van der Waals surface area contributed by atoms with E-state index in [1.807, 2.05) is 25.1 Å². The molecule has 0 bridgehead atoms. The van der Waals surface area contributed by atoms with Crippen molar-refractivity contribution in [1.29, 1.82) is 0 Å². The van der Waals surface area contributed by atoms with E-state index in [1.54, 1.807) is 11.8 Å². The molecule has 2 aromatic heterocycles. The third kappa shape index (κ3) is 2.35. The Kier molecular flexibility index (Phi) is 2.97. The van der Waals surface area contributed by atoms with Gasteiger partial charge in [-0.2, -0.15) is 0 Å². The molecular formula is C13H10ClN3S. The van der Waals surface area contributed by atoms with Gasteiger partial charge in [0.25, 0.3) is 0 Å². The number of aryl methyl sites for hydroxylation is 1. The summed E-state index contributed by atoms with van der Waals surface area (Å²) in [4.78, 5) is 11.6. The van der Waals surface area contributed by atoms with E-state index < -0.39 is 0 Å². The number of H-pyrrole nitrogens is 1. The molecule has 0 atom stereocenters. The lowest BCUT2D eigenvalue weighted by molar-refractivity contribution is 1.00. The number of aromatic nitrogens is 3. The molecule has 0 spiro atoms. The number of hydrogen-bond donors (Lipinski definition) is 1. The Hall–Kier alpha value is -1.52. The van der Waals surface area contributed by atoms with Crippen molar-refractivity contribution in [2.24, 2.45) is 0 Å². The van der Waals surface area contributed by atoms with Gasteiger partial charge in [-0.15, -0.1) is 0 Å². The van der Waals surface area contributed by atoms with Crippen LogP contribution in [0.25, 0.3) is 10.9 Å². The van der Waals surface area contributed by atoms with Gasteiger partial charge in [0.1, 0.15) is 5.03 Å². The minimum absolute atomic E-state index is 0.286. The average Bonchev–Trinajstić information content (AvgIpc) is 2.69. The van der Waals surface area contributed by atoms with Crippen molar-refractivity contribution in [2.45, 2.75) is 17.0 Å². The molecule has 1 N–H and O–H groups in total. The number of rotatable bonds is 2. The van der Waals surface area contributed by atoms with Crippen LogP contribution in [0.2, 0.25) is 5.28 Å². The molecule has 3 rings (SSSR count). The number of aromatic amines is 1. The first-order valence-electron chi connectivity index (χ1n) is 5.47. The zero-order chi connectivity index (χ0) is 12.5. The van der Waals surface area contributed by atoms with Gasteiger partial charge in [0.2, 0.25) is 5.28 Å². The highest BCUT2D eigenvalue weighted by Gasteiger charge is 2.05. The van der Waals surface area contributed by atoms with E-state index in [4.69, 9.17) is 11.6 Å². The highest BCUT2D eigenvalue weighted by Crippen LogP contribution is 2.29. The summed E-state index contributed by atoms with van der Waals surface area (Å²) in [6.07, 6.45) is 0. The number of benzene rings is 1. The predicted molar refractivity (Wildman–Crippen MR) is 74.2 cm³/mol. The molecule has 0 radical (unpaired) electrons. The molecule has 0 unspecified atom stereocenters. The second-order valence-electron chi connectivity index (χ2n) is 3.94. The topological polar surface area (TPSA) is 41.6 Å². The first-order valence-corrected chi connectivity index (χ1v) is 6.67. The molecule has 0 aliphatic carbocycles. The Morgan fingerprint density at radius 2 is 2.00 bits per heavy atom. The number of nitrogens with zero attached hydrogens (tertiary/aromatic N) is 2. The smallest absolute Gasteiger partial charge is 0.223 e. The molecule has 90 valence electrons. The van der Waals surface area contributed by atoms with E-state index in [9.17, 15) is 0 Å².